The molecule has 1 N–H and O–H groups in total. The van der Waals surface area contributed by atoms with E-state index in [0.29, 0.717) is 29.7 Å². The van der Waals surface area contributed by atoms with Crippen LogP contribution in [-0.2, 0) is 29.6 Å². The Morgan fingerprint density at radius 2 is 1.67 bits per heavy atom. The summed E-state index contributed by atoms with van der Waals surface area (Å²) in [6.07, 6.45) is 2.33. The Morgan fingerprint density at radius 1 is 0.877 bits per heavy atom. The van der Waals surface area contributed by atoms with Gasteiger partial charge in [0, 0.05) is 78.8 Å². The van der Waals surface area contributed by atoms with Crippen LogP contribution in [0.15, 0.2) is 59.4 Å². The van der Waals surface area contributed by atoms with Gasteiger partial charge in [0.1, 0.15) is 13.9 Å². The number of hydrogen-bond donors (Lipinski definition) is 1. The molecule has 57 heavy (non-hydrogen) atoms. The topological polar surface area (TPSA) is 113 Å². The molecule has 6 heterocycles. The fourth-order valence-electron chi connectivity index (χ4n) is 9.75. The third kappa shape index (κ3) is 6.13. The summed E-state index contributed by atoms with van der Waals surface area (Å²) in [7, 11) is 7.92. The Labute approximate surface area is 331 Å². The number of rotatable bonds is 6. The minimum atomic E-state index is -1.70. The van der Waals surface area contributed by atoms with Crippen molar-refractivity contribution < 1.29 is 18.8 Å². The first-order chi connectivity index (χ1) is 27.4. The zero-order valence-electron chi connectivity index (χ0n) is 32.8. The maximum absolute atomic E-state index is 15.6. The summed E-state index contributed by atoms with van der Waals surface area (Å²) in [6.45, 7) is 8.57. The highest BCUT2D eigenvalue weighted by molar-refractivity contribution is 6.12. The number of fused-ring (bicyclic) bond motifs is 3. The van der Waals surface area contributed by atoms with Crippen LogP contribution in [0.3, 0.4) is 0 Å². The summed E-state index contributed by atoms with van der Waals surface area (Å²) in [5, 5.41) is 8.40. The van der Waals surface area contributed by atoms with Gasteiger partial charge in [-0.15, -0.1) is 0 Å². The van der Waals surface area contributed by atoms with Crippen LogP contribution in [0.25, 0.3) is 22.0 Å². The van der Waals surface area contributed by atoms with E-state index in [1.165, 1.54) is 0 Å². The average molecular weight is 766 g/mol. The molecule has 2 aromatic heterocycles. The lowest BCUT2D eigenvalue weighted by atomic mass is 9.84. The molecule has 11 nitrogen and oxygen atoms in total. The fraction of sp³-hybridized carbons (Fsp3) is 0.386. The van der Waals surface area contributed by atoms with Crippen molar-refractivity contribution in [2.24, 2.45) is 7.05 Å². The predicted molar refractivity (Wildman–Crippen MR) is 219 cm³/mol. The van der Waals surface area contributed by atoms with Crippen molar-refractivity contribution in [3.8, 4) is 11.1 Å². The van der Waals surface area contributed by atoms with Crippen molar-refractivity contribution in [3.05, 3.63) is 104 Å². The lowest BCUT2D eigenvalue weighted by Gasteiger charge is -2.34. The van der Waals surface area contributed by atoms with Gasteiger partial charge in [-0.1, -0.05) is 6.07 Å². The summed E-state index contributed by atoms with van der Waals surface area (Å²) in [6, 6.07) is 17.4. The van der Waals surface area contributed by atoms with Crippen molar-refractivity contribution in [2.45, 2.75) is 84.0 Å². The number of amides is 3. The smallest absolute Gasteiger partial charge is 0.255 e. The molecule has 0 spiro atoms. The molecule has 13 heteroatoms. The van der Waals surface area contributed by atoms with Crippen molar-refractivity contribution in [2.75, 3.05) is 29.4 Å². The second-order valence-electron chi connectivity index (χ2n) is 16.1. The van der Waals surface area contributed by atoms with E-state index in [4.69, 9.17) is 12.9 Å². The lowest BCUT2D eigenvalue weighted by Crippen LogP contribution is -2.52. The Hall–Kier alpha value is -5.72. The van der Waals surface area contributed by atoms with Crippen LogP contribution in [0.1, 0.15) is 88.2 Å². The molecule has 2 unspecified atom stereocenters. The molecule has 3 aromatic carbocycles. The molecule has 5 aromatic rings. The van der Waals surface area contributed by atoms with Gasteiger partial charge in [-0.05, 0) is 124 Å². The molecule has 2 atom stereocenters. The van der Waals surface area contributed by atoms with E-state index in [1.807, 2.05) is 50.2 Å². The van der Waals surface area contributed by atoms with E-state index in [1.54, 1.807) is 16.5 Å². The van der Waals surface area contributed by atoms with Crippen LogP contribution >= 0.6 is 0 Å². The zero-order chi connectivity index (χ0) is 39.9. The molecule has 290 valence electrons. The number of carbonyl (C=O) groups is 3. The number of pyridine rings is 1. The third-order valence-corrected chi connectivity index (χ3v) is 12.7. The first-order valence-electron chi connectivity index (χ1n) is 19.9. The largest absolute Gasteiger partial charge is 0.371 e. The van der Waals surface area contributed by atoms with E-state index in [2.05, 4.69) is 44.9 Å². The van der Waals surface area contributed by atoms with Gasteiger partial charge >= 0.3 is 0 Å². The van der Waals surface area contributed by atoms with E-state index < -0.39 is 18.0 Å². The highest BCUT2D eigenvalue weighted by Gasteiger charge is 2.39. The lowest BCUT2D eigenvalue weighted by molar-refractivity contribution is -0.136. The fourth-order valence-corrected chi connectivity index (χ4v) is 9.75. The van der Waals surface area contributed by atoms with Gasteiger partial charge in [0.25, 0.3) is 11.5 Å². The monoisotopic (exact) mass is 765 g/mol. The zero-order valence-corrected chi connectivity index (χ0v) is 32.8. The number of hydrogen-bond acceptors (Lipinski definition) is 7. The van der Waals surface area contributed by atoms with Crippen LogP contribution in [0.5, 0.6) is 0 Å². The third-order valence-electron chi connectivity index (χ3n) is 12.7. The Morgan fingerprint density at radius 3 is 2.42 bits per heavy atom. The van der Waals surface area contributed by atoms with E-state index in [-0.39, 0.29) is 29.8 Å². The summed E-state index contributed by atoms with van der Waals surface area (Å²) in [5.41, 5.74) is 11.0. The van der Waals surface area contributed by atoms with Crippen molar-refractivity contribution in [1.82, 2.24) is 24.6 Å². The molecule has 9 rings (SSSR count). The molecular formula is C44H45BFN7O4. The number of nitrogens with zero attached hydrogens (tertiary/aromatic N) is 6. The predicted octanol–water partition coefficient (Wildman–Crippen LogP) is 6.15. The van der Waals surface area contributed by atoms with E-state index >= 15 is 4.39 Å². The van der Waals surface area contributed by atoms with Crippen LogP contribution < -0.4 is 20.7 Å². The maximum atomic E-state index is 15.6. The van der Waals surface area contributed by atoms with Gasteiger partial charge in [0.2, 0.25) is 11.8 Å². The molecule has 2 saturated heterocycles. The summed E-state index contributed by atoms with van der Waals surface area (Å²) >= 11 is 0. The summed E-state index contributed by atoms with van der Waals surface area (Å²) in [4.78, 5) is 56.4. The first-order valence-corrected chi connectivity index (χ1v) is 19.9. The molecule has 4 aliphatic heterocycles. The number of nitrogens with one attached hydrogen (secondary N) is 1. The minimum Gasteiger partial charge on any atom is -0.371 e. The minimum absolute atomic E-state index is 0.0229. The normalized spacial score (nSPS) is 19.3. The van der Waals surface area contributed by atoms with E-state index in [0.717, 1.165) is 107 Å². The second-order valence-corrected chi connectivity index (χ2v) is 16.1. The molecule has 0 saturated carbocycles. The number of aromatic nitrogens is 3. The number of halogens is 1. The second kappa shape index (κ2) is 14.0. The summed E-state index contributed by atoms with van der Waals surface area (Å²) < 4.78 is 19.4. The van der Waals surface area contributed by atoms with Gasteiger partial charge in [0.15, 0.2) is 0 Å². The molecule has 0 bridgehead atoms. The van der Waals surface area contributed by atoms with Crippen LogP contribution in [0, 0.1) is 20.8 Å². The Balaban J connectivity index is 0.965. The quantitative estimate of drug-likeness (QED) is 0.163. The van der Waals surface area contributed by atoms with Crippen molar-refractivity contribution in [3.63, 3.8) is 0 Å². The molecule has 2 fully saturated rings. The first kappa shape index (κ1) is 36.9. The standard InChI is InChI=1S/C44H45BFN7O4/c1-24-19-34-35(49(4)43(24)56)8-5-9-36(34)51-16-6-7-27-21-32(33(41(45)46)22-38(27)51)40-25(2)48-53(26(40)3)29-14-17-50(18-15-29)30-10-11-31-28(20-30)23-52(44(31)57)37-12-13-39(54)47-42(37)55/h5,8-11,19-22,29,37,41H,6-7,12-18,23H2,1-4H3,(H,47,54,55). The Kier molecular flexibility index (Phi) is 9.09. The number of piperidine rings is 2. The van der Waals surface area contributed by atoms with Crippen molar-refractivity contribution in [1.29, 1.82) is 0 Å². The van der Waals surface area contributed by atoms with Gasteiger partial charge < -0.3 is 19.3 Å². The SMILES string of the molecule is [B]C(F)c1cc2c(cc1-c1c(C)nn(C3CCN(c4ccc5c(c4)CN(C4CCC(=O)NC4=O)C5=O)CC3)c1C)CCCN2c1cccc2c1cc(C)c(=O)n2C. The average Bonchev–Trinajstić information content (AvgIpc) is 3.69. The number of benzene rings is 3. The highest BCUT2D eigenvalue weighted by Crippen LogP contribution is 2.44. The number of aryl methyl sites for hydroxylation is 4. The highest BCUT2D eigenvalue weighted by atomic mass is 19.1. The number of carbonyl (C=O) groups excluding carboxylic acids is 3. The van der Waals surface area contributed by atoms with Gasteiger partial charge in [-0.3, -0.25) is 33.6 Å². The number of imide groups is 1. The van der Waals surface area contributed by atoms with Crippen molar-refractivity contribution >= 4 is 53.5 Å². The molecule has 3 amide bonds. The summed E-state index contributed by atoms with van der Waals surface area (Å²) in [5.74, 6) is -0.884. The molecule has 4 aliphatic rings. The molecule has 0 aliphatic carbocycles. The van der Waals surface area contributed by atoms with Crippen LogP contribution in [0.2, 0.25) is 0 Å². The number of anilines is 3. The molecule has 2 radical (unpaired) electrons. The molecular weight excluding hydrogens is 720 g/mol. The van der Waals surface area contributed by atoms with Gasteiger partial charge in [-0.25, -0.2) is 0 Å². The van der Waals surface area contributed by atoms with Gasteiger partial charge in [0.05, 0.1) is 29.0 Å². The van der Waals surface area contributed by atoms with E-state index in [9.17, 15) is 19.2 Å². The number of alkyl halides is 1. The maximum Gasteiger partial charge on any atom is 0.255 e. The van der Waals surface area contributed by atoms with Crippen LogP contribution in [0.4, 0.5) is 21.5 Å². The van der Waals surface area contributed by atoms with Crippen LogP contribution in [-0.4, -0.2) is 70.5 Å². The Bertz CT molecular complexity index is 2570. The van der Waals surface area contributed by atoms with Gasteiger partial charge in [-0.2, -0.15) is 5.10 Å².